The summed E-state index contributed by atoms with van der Waals surface area (Å²) in [4.78, 5) is 6.10. The molecule has 0 fully saturated rings. The van der Waals surface area contributed by atoms with Gasteiger partial charge in [-0.05, 0) is 17.7 Å². The number of nitrogens with one attached hydrogen (secondary N) is 1. The molecule has 1 N–H and O–H groups in total. The first-order valence-electron chi connectivity index (χ1n) is 6.16. The van der Waals surface area contributed by atoms with Crippen molar-refractivity contribution >= 4 is 55.7 Å². The summed E-state index contributed by atoms with van der Waals surface area (Å²) >= 11 is 3.40. The topological polar surface area (TPSA) is 61.8 Å². The second-order valence-corrected chi connectivity index (χ2v) is 7.76. The Bertz CT molecular complexity index is 561. The van der Waals surface area contributed by atoms with Gasteiger partial charge in [-0.1, -0.05) is 28.1 Å². The van der Waals surface area contributed by atoms with Crippen LogP contribution >= 0.6 is 39.9 Å². The number of hydrogen-bond acceptors (Lipinski definition) is 3. The fourth-order valence-corrected chi connectivity index (χ4v) is 2.41. The highest BCUT2D eigenvalue weighted by molar-refractivity contribution is 14.0. The van der Waals surface area contributed by atoms with Crippen molar-refractivity contribution in [2.75, 3.05) is 32.6 Å². The zero-order valence-corrected chi connectivity index (χ0v) is 17.1. The Morgan fingerprint density at radius 2 is 1.90 bits per heavy atom. The first-order chi connectivity index (χ1) is 9.31. The van der Waals surface area contributed by atoms with Crippen molar-refractivity contribution in [1.29, 1.82) is 0 Å². The molecule has 0 spiro atoms. The van der Waals surface area contributed by atoms with E-state index in [-0.39, 0.29) is 29.7 Å². The molecule has 1 rings (SSSR count). The van der Waals surface area contributed by atoms with Crippen LogP contribution in [-0.4, -0.2) is 51.9 Å². The van der Waals surface area contributed by atoms with E-state index in [1.165, 1.54) is 6.26 Å². The van der Waals surface area contributed by atoms with Crippen molar-refractivity contribution < 1.29 is 8.42 Å². The van der Waals surface area contributed by atoms with Crippen LogP contribution in [0.5, 0.6) is 0 Å². The number of rotatable bonds is 5. The van der Waals surface area contributed by atoms with Crippen LogP contribution in [0.3, 0.4) is 0 Å². The van der Waals surface area contributed by atoms with Crippen molar-refractivity contribution in [3.05, 3.63) is 34.3 Å². The second-order valence-electron chi connectivity index (χ2n) is 4.59. The fourth-order valence-electron chi connectivity index (χ4n) is 1.67. The number of aliphatic imine (C=N–C) groups is 1. The number of benzene rings is 1. The molecule has 21 heavy (non-hydrogen) atoms. The molecular weight excluding hydrogens is 469 g/mol. The highest BCUT2D eigenvalue weighted by atomic mass is 127. The third-order valence-electron chi connectivity index (χ3n) is 2.66. The average molecular weight is 490 g/mol. The third kappa shape index (κ3) is 8.62. The first-order valence-corrected chi connectivity index (χ1v) is 9.01. The van der Waals surface area contributed by atoms with Gasteiger partial charge in [0.2, 0.25) is 0 Å². The molecule has 0 radical (unpaired) electrons. The zero-order valence-electron chi connectivity index (χ0n) is 12.3. The third-order valence-corrected chi connectivity index (χ3v) is 4.14. The zero-order chi connectivity index (χ0) is 15.2. The van der Waals surface area contributed by atoms with Gasteiger partial charge in [0.1, 0.15) is 9.84 Å². The summed E-state index contributed by atoms with van der Waals surface area (Å²) in [6.07, 6.45) is 1.23. The molecule has 0 amide bonds. The maximum atomic E-state index is 11.1. The number of hydrogen-bond donors (Lipinski definition) is 1. The van der Waals surface area contributed by atoms with E-state index >= 15 is 0 Å². The Kier molecular flexibility index (Phi) is 9.46. The van der Waals surface area contributed by atoms with E-state index in [0.717, 1.165) is 10.0 Å². The molecule has 120 valence electrons. The highest BCUT2D eigenvalue weighted by Crippen LogP contribution is 2.11. The quantitative estimate of drug-likeness (QED) is 0.391. The van der Waals surface area contributed by atoms with Gasteiger partial charge >= 0.3 is 0 Å². The Morgan fingerprint density at radius 3 is 2.38 bits per heavy atom. The summed E-state index contributed by atoms with van der Waals surface area (Å²) in [5, 5.41) is 3.04. The van der Waals surface area contributed by atoms with E-state index in [1.807, 2.05) is 36.2 Å². The van der Waals surface area contributed by atoms with Crippen LogP contribution in [-0.2, 0) is 16.4 Å². The average Bonchev–Trinajstić information content (AvgIpc) is 2.36. The van der Waals surface area contributed by atoms with Gasteiger partial charge in [0, 0.05) is 37.9 Å². The van der Waals surface area contributed by atoms with Gasteiger partial charge < -0.3 is 10.2 Å². The van der Waals surface area contributed by atoms with Crippen LogP contribution in [0.1, 0.15) is 5.56 Å². The van der Waals surface area contributed by atoms with Crippen LogP contribution < -0.4 is 5.32 Å². The molecule has 8 heteroatoms. The Labute approximate surface area is 152 Å². The molecule has 0 aliphatic carbocycles. The molecule has 0 unspecified atom stereocenters. The minimum absolute atomic E-state index is 0. The summed E-state index contributed by atoms with van der Waals surface area (Å²) in [6, 6.07) is 8.04. The predicted molar refractivity (Wildman–Crippen MR) is 102 cm³/mol. The van der Waals surface area contributed by atoms with Gasteiger partial charge in [0.05, 0.1) is 5.75 Å². The van der Waals surface area contributed by atoms with Gasteiger partial charge in [-0.3, -0.25) is 4.99 Å². The predicted octanol–water partition coefficient (Wildman–Crippen LogP) is 2.12. The van der Waals surface area contributed by atoms with Crippen molar-refractivity contribution in [3.63, 3.8) is 0 Å². The maximum Gasteiger partial charge on any atom is 0.193 e. The van der Waals surface area contributed by atoms with E-state index in [2.05, 4.69) is 26.2 Å². The van der Waals surface area contributed by atoms with Crippen LogP contribution in [0.15, 0.2) is 33.7 Å². The molecule has 0 heterocycles. The lowest BCUT2D eigenvalue weighted by molar-refractivity contribution is 0.479. The smallest absolute Gasteiger partial charge is 0.193 e. The molecule has 0 saturated heterocycles. The molecule has 1 aromatic carbocycles. The van der Waals surface area contributed by atoms with Gasteiger partial charge in [-0.15, -0.1) is 24.0 Å². The summed E-state index contributed by atoms with van der Waals surface area (Å²) in [7, 11) is 0.637. The summed E-state index contributed by atoms with van der Waals surface area (Å²) in [6.45, 7) is 1.06. The van der Waals surface area contributed by atoms with E-state index < -0.39 is 9.84 Å². The molecule has 0 bridgehead atoms. The molecule has 0 aliphatic rings. The van der Waals surface area contributed by atoms with E-state index in [9.17, 15) is 8.42 Å². The van der Waals surface area contributed by atoms with Crippen molar-refractivity contribution in [2.45, 2.75) is 6.54 Å². The fraction of sp³-hybridized carbons (Fsp3) is 0.462. The summed E-state index contributed by atoms with van der Waals surface area (Å²) < 4.78 is 23.2. The van der Waals surface area contributed by atoms with Gasteiger partial charge in [0.25, 0.3) is 0 Å². The Hall–Kier alpha value is -0.350. The number of halogens is 2. The van der Waals surface area contributed by atoms with Crippen molar-refractivity contribution in [2.24, 2.45) is 4.99 Å². The summed E-state index contributed by atoms with van der Waals surface area (Å²) in [5.74, 6) is 0.773. The van der Waals surface area contributed by atoms with E-state index in [4.69, 9.17) is 0 Å². The molecule has 0 aliphatic heterocycles. The lowest BCUT2D eigenvalue weighted by Crippen LogP contribution is -2.40. The summed E-state index contributed by atoms with van der Waals surface area (Å²) in [5.41, 5.74) is 1.15. The van der Waals surface area contributed by atoms with E-state index in [0.29, 0.717) is 19.0 Å². The number of guanidine groups is 1. The first kappa shape index (κ1) is 20.6. The molecule has 0 aromatic heterocycles. The second kappa shape index (κ2) is 9.62. The van der Waals surface area contributed by atoms with Crippen LogP contribution in [0.25, 0.3) is 0 Å². The minimum Gasteiger partial charge on any atom is -0.355 e. The number of sulfone groups is 1. The molecule has 1 aromatic rings. The van der Waals surface area contributed by atoms with Crippen LogP contribution in [0.2, 0.25) is 0 Å². The monoisotopic (exact) mass is 489 g/mol. The van der Waals surface area contributed by atoms with Gasteiger partial charge in [-0.2, -0.15) is 0 Å². The SMILES string of the molecule is CN=C(NCCS(C)(=O)=O)N(C)Cc1ccc(Br)cc1.I. The Balaban J connectivity index is 0.00000400. The normalized spacial score (nSPS) is 11.7. The minimum atomic E-state index is -2.96. The largest absolute Gasteiger partial charge is 0.355 e. The Morgan fingerprint density at radius 1 is 1.33 bits per heavy atom. The molecule has 0 saturated carbocycles. The maximum absolute atomic E-state index is 11.1. The van der Waals surface area contributed by atoms with Crippen molar-refractivity contribution in [1.82, 2.24) is 10.2 Å². The molecule has 5 nitrogen and oxygen atoms in total. The molecule has 0 atom stereocenters. The standard InChI is InChI=1S/C13H20BrN3O2S.HI/c1-15-13(16-8-9-20(3,18)19)17(2)10-11-4-6-12(14)7-5-11;/h4-7H,8-10H2,1-3H3,(H,15,16);1H. The van der Waals surface area contributed by atoms with Crippen molar-refractivity contribution in [3.8, 4) is 0 Å². The van der Waals surface area contributed by atoms with Gasteiger partial charge in [-0.25, -0.2) is 8.42 Å². The number of nitrogens with zero attached hydrogens (tertiary/aromatic N) is 2. The van der Waals surface area contributed by atoms with Crippen LogP contribution in [0, 0.1) is 0 Å². The highest BCUT2D eigenvalue weighted by Gasteiger charge is 2.08. The van der Waals surface area contributed by atoms with E-state index in [1.54, 1.807) is 7.05 Å². The van der Waals surface area contributed by atoms with Crippen LogP contribution in [0.4, 0.5) is 0 Å². The van der Waals surface area contributed by atoms with Gasteiger partial charge in [0.15, 0.2) is 5.96 Å². The molecular formula is C13H21BrIN3O2S. The lowest BCUT2D eigenvalue weighted by Gasteiger charge is -2.22. The lowest BCUT2D eigenvalue weighted by atomic mass is 10.2.